The Morgan fingerprint density at radius 2 is 2.11 bits per heavy atom. The van der Waals surface area contributed by atoms with Crippen LogP contribution in [0.25, 0.3) is 0 Å². The number of aliphatic hydroxyl groups is 1. The van der Waals surface area contributed by atoms with Gasteiger partial charge in [0.1, 0.15) is 0 Å². The maximum Gasteiger partial charge on any atom is 0.223 e. The van der Waals surface area contributed by atoms with Crippen molar-refractivity contribution in [3.63, 3.8) is 0 Å². The molecule has 0 heterocycles. The molecule has 0 saturated carbocycles. The van der Waals surface area contributed by atoms with Gasteiger partial charge in [-0.3, -0.25) is 4.79 Å². The molecule has 1 rings (SSSR count). The molecule has 1 aromatic carbocycles. The number of amides is 1. The van der Waals surface area contributed by atoms with Gasteiger partial charge in [0, 0.05) is 25.4 Å². The molecule has 1 atom stereocenters. The van der Waals surface area contributed by atoms with E-state index in [2.05, 4.69) is 6.58 Å². The highest BCUT2D eigenvalue weighted by molar-refractivity contribution is 5.77. The first-order valence-corrected chi connectivity index (χ1v) is 6.29. The predicted molar refractivity (Wildman–Crippen MR) is 73.3 cm³/mol. The highest BCUT2D eigenvalue weighted by atomic mass is 16.3. The summed E-state index contributed by atoms with van der Waals surface area (Å²) in [6.45, 7) is 6.74. The second-order valence-electron chi connectivity index (χ2n) is 4.15. The van der Waals surface area contributed by atoms with Gasteiger partial charge in [-0.05, 0) is 12.5 Å². The summed E-state index contributed by atoms with van der Waals surface area (Å²) in [6, 6.07) is 9.88. The van der Waals surface area contributed by atoms with Crippen molar-refractivity contribution in [1.82, 2.24) is 4.90 Å². The van der Waals surface area contributed by atoms with E-state index in [1.165, 1.54) is 0 Å². The first-order chi connectivity index (χ1) is 8.72. The topological polar surface area (TPSA) is 40.5 Å². The van der Waals surface area contributed by atoms with Crippen LogP contribution in [0, 0.1) is 0 Å². The van der Waals surface area contributed by atoms with Crippen LogP contribution in [0.1, 0.15) is 24.8 Å². The van der Waals surface area contributed by atoms with Gasteiger partial charge in [0.2, 0.25) is 5.91 Å². The molecule has 0 spiro atoms. The summed E-state index contributed by atoms with van der Waals surface area (Å²) in [4.78, 5) is 13.7. The first kappa shape index (κ1) is 14.5. The smallest absolute Gasteiger partial charge is 0.223 e. The summed E-state index contributed by atoms with van der Waals surface area (Å²) in [5, 5.41) is 8.91. The van der Waals surface area contributed by atoms with E-state index in [0.29, 0.717) is 19.5 Å². The monoisotopic (exact) mass is 247 g/mol. The van der Waals surface area contributed by atoms with Crippen molar-refractivity contribution in [2.75, 3.05) is 19.7 Å². The quantitative estimate of drug-likeness (QED) is 0.750. The first-order valence-electron chi connectivity index (χ1n) is 6.29. The van der Waals surface area contributed by atoms with E-state index in [-0.39, 0.29) is 18.4 Å². The Kier molecular flexibility index (Phi) is 6.15. The number of nitrogens with zero attached hydrogens (tertiary/aromatic N) is 1. The van der Waals surface area contributed by atoms with E-state index in [4.69, 9.17) is 5.11 Å². The molecule has 0 radical (unpaired) electrons. The zero-order valence-corrected chi connectivity index (χ0v) is 10.9. The Labute approximate surface area is 109 Å². The van der Waals surface area contributed by atoms with Crippen LogP contribution in [0.15, 0.2) is 43.0 Å². The molecule has 98 valence electrons. The number of carbonyl (C=O) groups is 1. The predicted octanol–water partition coefficient (Wildman–Crippen LogP) is 2.19. The van der Waals surface area contributed by atoms with Crippen LogP contribution in [0.5, 0.6) is 0 Å². The number of rotatable bonds is 7. The van der Waals surface area contributed by atoms with Gasteiger partial charge in [-0.1, -0.05) is 36.4 Å². The molecular weight excluding hydrogens is 226 g/mol. The second kappa shape index (κ2) is 7.67. The van der Waals surface area contributed by atoms with Crippen LogP contribution in [0.4, 0.5) is 0 Å². The Balaban J connectivity index is 2.69. The summed E-state index contributed by atoms with van der Waals surface area (Å²) in [5.41, 5.74) is 1.10. The highest BCUT2D eigenvalue weighted by Gasteiger charge is 2.17. The Hall–Kier alpha value is -1.61. The number of aliphatic hydroxyl groups excluding tert-OH is 1. The molecule has 0 saturated heterocycles. The van der Waals surface area contributed by atoms with Crippen LogP contribution in [0.2, 0.25) is 0 Å². The molecular formula is C15H21NO2. The van der Waals surface area contributed by atoms with E-state index >= 15 is 0 Å². The van der Waals surface area contributed by atoms with Crippen molar-refractivity contribution in [1.29, 1.82) is 0 Å². The zero-order chi connectivity index (χ0) is 13.4. The third kappa shape index (κ3) is 4.00. The molecule has 0 aliphatic rings. The van der Waals surface area contributed by atoms with Gasteiger partial charge in [-0.15, -0.1) is 6.58 Å². The Morgan fingerprint density at radius 3 is 2.61 bits per heavy atom. The average molecular weight is 247 g/mol. The molecule has 0 aromatic heterocycles. The van der Waals surface area contributed by atoms with Crippen molar-refractivity contribution in [3.05, 3.63) is 48.6 Å². The van der Waals surface area contributed by atoms with Gasteiger partial charge in [0.15, 0.2) is 0 Å². The minimum absolute atomic E-state index is 0.00364. The van der Waals surface area contributed by atoms with Gasteiger partial charge < -0.3 is 10.0 Å². The fourth-order valence-corrected chi connectivity index (χ4v) is 1.93. The van der Waals surface area contributed by atoms with Crippen molar-refractivity contribution in [3.8, 4) is 0 Å². The molecule has 1 unspecified atom stereocenters. The maximum atomic E-state index is 12.1. The minimum Gasteiger partial charge on any atom is -0.395 e. The lowest BCUT2D eigenvalue weighted by Crippen LogP contribution is -2.34. The van der Waals surface area contributed by atoms with Crippen LogP contribution in [-0.4, -0.2) is 35.6 Å². The molecule has 1 aromatic rings. The van der Waals surface area contributed by atoms with E-state index in [0.717, 1.165) is 5.56 Å². The third-order valence-electron chi connectivity index (χ3n) is 3.01. The van der Waals surface area contributed by atoms with Gasteiger partial charge in [-0.25, -0.2) is 0 Å². The number of allylic oxidation sites excluding steroid dienone is 1. The highest BCUT2D eigenvalue weighted by Crippen LogP contribution is 2.21. The number of hydrogen-bond donors (Lipinski definition) is 1. The molecule has 18 heavy (non-hydrogen) atoms. The number of benzene rings is 1. The van der Waals surface area contributed by atoms with E-state index in [1.807, 2.05) is 37.3 Å². The zero-order valence-electron chi connectivity index (χ0n) is 10.9. The average Bonchev–Trinajstić information content (AvgIpc) is 2.42. The number of hydrogen-bond acceptors (Lipinski definition) is 2. The Morgan fingerprint density at radius 1 is 1.44 bits per heavy atom. The van der Waals surface area contributed by atoms with Gasteiger partial charge in [0.05, 0.1) is 6.61 Å². The van der Waals surface area contributed by atoms with Crippen LogP contribution >= 0.6 is 0 Å². The summed E-state index contributed by atoms with van der Waals surface area (Å²) in [7, 11) is 0. The van der Waals surface area contributed by atoms with Crippen LogP contribution < -0.4 is 0 Å². The molecule has 1 amide bonds. The molecule has 0 aliphatic carbocycles. The largest absolute Gasteiger partial charge is 0.395 e. The van der Waals surface area contributed by atoms with E-state index in [1.54, 1.807) is 11.0 Å². The Bertz CT molecular complexity index is 375. The van der Waals surface area contributed by atoms with E-state index in [9.17, 15) is 4.79 Å². The van der Waals surface area contributed by atoms with Crippen LogP contribution in [-0.2, 0) is 4.79 Å². The molecule has 0 fully saturated rings. The maximum absolute atomic E-state index is 12.1. The van der Waals surface area contributed by atoms with Gasteiger partial charge in [0.25, 0.3) is 0 Å². The lowest BCUT2D eigenvalue weighted by atomic mass is 9.95. The van der Waals surface area contributed by atoms with Crippen molar-refractivity contribution in [2.24, 2.45) is 0 Å². The molecule has 3 nitrogen and oxygen atoms in total. The molecule has 0 aliphatic heterocycles. The van der Waals surface area contributed by atoms with Gasteiger partial charge in [-0.2, -0.15) is 0 Å². The second-order valence-corrected chi connectivity index (χ2v) is 4.15. The number of carbonyl (C=O) groups excluding carboxylic acids is 1. The standard InChI is InChI=1S/C15H21NO2/c1-3-13(14-8-6-5-7-9-14)12-15(18)16(4-2)10-11-17/h3,5-9,13,17H,1,4,10-12H2,2H3. The molecule has 3 heteroatoms. The fourth-order valence-electron chi connectivity index (χ4n) is 1.93. The minimum atomic E-state index is 0.00364. The SMILES string of the molecule is C=CC(CC(=O)N(CC)CCO)c1ccccc1. The molecule has 1 N–H and O–H groups in total. The summed E-state index contributed by atoms with van der Waals surface area (Å²) in [5.74, 6) is 0.0896. The summed E-state index contributed by atoms with van der Waals surface area (Å²) in [6.07, 6.45) is 2.21. The van der Waals surface area contributed by atoms with Crippen molar-refractivity contribution >= 4 is 5.91 Å². The third-order valence-corrected chi connectivity index (χ3v) is 3.01. The van der Waals surface area contributed by atoms with Crippen molar-refractivity contribution in [2.45, 2.75) is 19.3 Å². The summed E-state index contributed by atoms with van der Waals surface area (Å²) >= 11 is 0. The summed E-state index contributed by atoms with van der Waals surface area (Å²) < 4.78 is 0. The van der Waals surface area contributed by atoms with E-state index < -0.39 is 0 Å². The van der Waals surface area contributed by atoms with Crippen molar-refractivity contribution < 1.29 is 9.90 Å². The lowest BCUT2D eigenvalue weighted by Gasteiger charge is -2.22. The fraction of sp³-hybridized carbons (Fsp3) is 0.400. The molecule has 0 bridgehead atoms. The number of likely N-dealkylation sites (N-methyl/N-ethyl adjacent to an activating group) is 1. The van der Waals surface area contributed by atoms with Gasteiger partial charge >= 0.3 is 0 Å². The normalized spacial score (nSPS) is 11.9. The van der Waals surface area contributed by atoms with Crippen LogP contribution in [0.3, 0.4) is 0 Å². The lowest BCUT2D eigenvalue weighted by molar-refractivity contribution is -0.131.